The van der Waals surface area contributed by atoms with E-state index in [4.69, 9.17) is 4.74 Å². The zero-order chi connectivity index (χ0) is 15.5. The molecule has 1 aromatic carbocycles. The molecule has 0 atom stereocenters. The normalized spacial score (nSPS) is 11.5. The van der Waals surface area contributed by atoms with Crippen LogP contribution in [0.25, 0.3) is 11.4 Å². The molecular weight excluding hydrogens is 330 g/mol. The van der Waals surface area contributed by atoms with E-state index in [1.807, 2.05) is 24.3 Å². The molecule has 0 fully saturated rings. The zero-order valence-electron chi connectivity index (χ0n) is 12.8. The Bertz CT molecular complexity index is 623. The van der Waals surface area contributed by atoms with Crippen LogP contribution in [-0.4, -0.2) is 22.6 Å². The van der Waals surface area contributed by atoms with E-state index >= 15 is 0 Å². The number of rotatable bonds is 4. The second-order valence-electron chi connectivity index (χ2n) is 5.82. The van der Waals surface area contributed by atoms with Gasteiger partial charge in [-0.15, -0.1) is 0 Å². The molecule has 4 nitrogen and oxygen atoms in total. The molecule has 0 amide bonds. The summed E-state index contributed by atoms with van der Waals surface area (Å²) in [4.78, 5) is 8.96. The Morgan fingerprint density at radius 1 is 1.24 bits per heavy atom. The van der Waals surface area contributed by atoms with Crippen molar-refractivity contribution >= 4 is 15.9 Å². The van der Waals surface area contributed by atoms with Gasteiger partial charge in [0.1, 0.15) is 5.75 Å². The average molecular weight is 350 g/mol. The maximum absolute atomic E-state index is 5.24. The molecule has 0 aliphatic heterocycles. The second-order valence-corrected chi connectivity index (χ2v) is 6.68. The van der Waals surface area contributed by atoms with Gasteiger partial charge in [0, 0.05) is 23.8 Å². The van der Waals surface area contributed by atoms with Gasteiger partial charge in [-0.05, 0) is 61.0 Å². The van der Waals surface area contributed by atoms with Crippen LogP contribution < -0.4 is 10.1 Å². The summed E-state index contributed by atoms with van der Waals surface area (Å²) in [6.07, 6.45) is 1.79. The second kappa shape index (κ2) is 6.54. The van der Waals surface area contributed by atoms with Crippen LogP contribution in [0.1, 0.15) is 26.5 Å². The molecule has 1 heterocycles. The first-order valence-electron chi connectivity index (χ1n) is 6.80. The molecule has 0 aliphatic carbocycles. The molecule has 5 heteroatoms. The fourth-order valence-corrected chi connectivity index (χ4v) is 2.34. The van der Waals surface area contributed by atoms with Crippen molar-refractivity contribution < 1.29 is 4.74 Å². The molecule has 0 aliphatic rings. The van der Waals surface area contributed by atoms with E-state index in [-0.39, 0.29) is 5.54 Å². The number of hydrogen-bond donors (Lipinski definition) is 1. The Hall–Kier alpha value is -1.46. The molecule has 1 N–H and O–H groups in total. The maximum Gasteiger partial charge on any atom is 0.159 e. The van der Waals surface area contributed by atoms with Crippen molar-refractivity contribution in [2.45, 2.75) is 32.9 Å². The predicted octanol–water partition coefficient (Wildman–Crippen LogP) is 3.80. The van der Waals surface area contributed by atoms with E-state index in [0.29, 0.717) is 5.82 Å². The quantitative estimate of drug-likeness (QED) is 0.911. The number of ether oxygens (including phenoxy) is 1. The largest absolute Gasteiger partial charge is 0.496 e. The van der Waals surface area contributed by atoms with Crippen LogP contribution in [0.4, 0.5) is 0 Å². The van der Waals surface area contributed by atoms with Gasteiger partial charge in [0.2, 0.25) is 0 Å². The van der Waals surface area contributed by atoms with E-state index in [0.717, 1.165) is 28.0 Å². The average Bonchev–Trinajstić information content (AvgIpc) is 2.44. The highest BCUT2D eigenvalue weighted by molar-refractivity contribution is 9.10. The SMILES string of the molecule is COc1ccc(-c2nccc(CNC(C)(C)C)n2)cc1Br. The summed E-state index contributed by atoms with van der Waals surface area (Å²) >= 11 is 3.49. The molecule has 2 aromatic rings. The smallest absolute Gasteiger partial charge is 0.159 e. The van der Waals surface area contributed by atoms with E-state index in [1.165, 1.54) is 0 Å². The van der Waals surface area contributed by atoms with Gasteiger partial charge >= 0.3 is 0 Å². The Morgan fingerprint density at radius 3 is 2.62 bits per heavy atom. The zero-order valence-corrected chi connectivity index (χ0v) is 14.4. The monoisotopic (exact) mass is 349 g/mol. The molecule has 0 unspecified atom stereocenters. The number of hydrogen-bond acceptors (Lipinski definition) is 4. The first-order chi connectivity index (χ1) is 9.89. The lowest BCUT2D eigenvalue weighted by Crippen LogP contribution is -2.35. The standard InChI is InChI=1S/C16H20BrN3O/c1-16(2,3)19-10-12-7-8-18-15(20-12)11-5-6-14(21-4)13(17)9-11/h5-9,19H,10H2,1-4H3. The minimum atomic E-state index is 0.0637. The molecule has 112 valence electrons. The van der Waals surface area contributed by atoms with E-state index in [1.54, 1.807) is 13.3 Å². The number of benzene rings is 1. The van der Waals surface area contributed by atoms with Crippen LogP contribution in [0, 0.1) is 0 Å². The summed E-state index contributed by atoms with van der Waals surface area (Å²) in [6.45, 7) is 7.12. The topological polar surface area (TPSA) is 47.0 Å². The van der Waals surface area contributed by atoms with Crippen molar-refractivity contribution in [3.63, 3.8) is 0 Å². The van der Waals surface area contributed by atoms with Crippen molar-refractivity contribution in [3.8, 4) is 17.1 Å². The summed E-state index contributed by atoms with van der Waals surface area (Å²) in [5.74, 6) is 1.51. The van der Waals surface area contributed by atoms with Gasteiger partial charge in [0.05, 0.1) is 17.3 Å². The highest BCUT2D eigenvalue weighted by Gasteiger charge is 2.10. The maximum atomic E-state index is 5.24. The molecule has 0 radical (unpaired) electrons. The van der Waals surface area contributed by atoms with Gasteiger partial charge in [-0.1, -0.05) is 0 Å². The fraction of sp³-hybridized carbons (Fsp3) is 0.375. The molecule has 21 heavy (non-hydrogen) atoms. The highest BCUT2D eigenvalue weighted by Crippen LogP contribution is 2.29. The van der Waals surface area contributed by atoms with Crippen LogP contribution in [0.5, 0.6) is 5.75 Å². The third-order valence-corrected chi connectivity index (χ3v) is 3.54. The van der Waals surface area contributed by atoms with Gasteiger partial charge in [-0.2, -0.15) is 0 Å². The first-order valence-corrected chi connectivity index (χ1v) is 7.59. The highest BCUT2D eigenvalue weighted by atomic mass is 79.9. The van der Waals surface area contributed by atoms with E-state index < -0.39 is 0 Å². The molecule has 0 saturated carbocycles. The number of nitrogens with zero attached hydrogens (tertiary/aromatic N) is 2. The molecule has 0 bridgehead atoms. The van der Waals surface area contributed by atoms with Gasteiger partial charge in [-0.25, -0.2) is 9.97 Å². The third kappa shape index (κ3) is 4.51. The first kappa shape index (κ1) is 15.9. The fourth-order valence-electron chi connectivity index (χ4n) is 1.79. The summed E-state index contributed by atoms with van der Waals surface area (Å²) in [5.41, 5.74) is 2.00. The van der Waals surface area contributed by atoms with Crippen molar-refractivity contribution in [3.05, 3.63) is 40.6 Å². The number of halogens is 1. The third-order valence-electron chi connectivity index (χ3n) is 2.92. The van der Waals surface area contributed by atoms with Crippen LogP contribution >= 0.6 is 15.9 Å². The summed E-state index contributed by atoms with van der Waals surface area (Å²) in [5, 5.41) is 3.43. The lowest BCUT2D eigenvalue weighted by Gasteiger charge is -2.20. The van der Waals surface area contributed by atoms with Gasteiger partial charge in [-0.3, -0.25) is 0 Å². The molecule has 2 rings (SSSR count). The van der Waals surface area contributed by atoms with Crippen LogP contribution in [-0.2, 0) is 6.54 Å². The minimum absolute atomic E-state index is 0.0637. The number of methoxy groups -OCH3 is 1. The molecule has 1 aromatic heterocycles. The Kier molecular flexibility index (Phi) is 4.96. The number of nitrogens with one attached hydrogen (secondary N) is 1. The lowest BCUT2D eigenvalue weighted by atomic mass is 10.1. The Morgan fingerprint density at radius 2 is 2.00 bits per heavy atom. The Labute approximate surface area is 134 Å². The van der Waals surface area contributed by atoms with Crippen LogP contribution in [0.2, 0.25) is 0 Å². The minimum Gasteiger partial charge on any atom is -0.496 e. The molecule has 0 spiro atoms. The van der Waals surface area contributed by atoms with E-state index in [9.17, 15) is 0 Å². The summed E-state index contributed by atoms with van der Waals surface area (Å²) in [6, 6.07) is 7.76. The van der Waals surface area contributed by atoms with E-state index in [2.05, 4.69) is 52.0 Å². The van der Waals surface area contributed by atoms with Crippen molar-refractivity contribution in [2.75, 3.05) is 7.11 Å². The van der Waals surface area contributed by atoms with Crippen molar-refractivity contribution in [2.24, 2.45) is 0 Å². The summed E-state index contributed by atoms with van der Waals surface area (Å²) < 4.78 is 6.13. The van der Waals surface area contributed by atoms with Crippen molar-refractivity contribution in [1.29, 1.82) is 0 Å². The predicted molar refractivity (Wildman–Crippen MR) is 88.3 cm³/mol. The lowest BCUT2D eigenvalue weighted by molar-refractivity contribution is 0.412. The summed E-state index contributed by atoms with van der Waals surface area (Å²) in [7, 11) is 1.65. The van der Waals surface area contributed by atoms with Gasteiger partial charge < -0.3 is 10.1 Å². The van der Waals surface area contributed by atoms with Crippen molar-refractivity contribution in [1.82, 2.24) is 15.3 Å². The van der Waals surface area contributed by atoms with Gasteiger partial charge in [0.15, 0.2) is 5.82 Å². The number of aromatic nitrogens is 2. The van der Waals surface area contributed by atoms with Gasteiger partial charge in [0.25, 0.3) is 0 Å². The Balaban J connectivity index is 2.22. The molecule has 0 saturated heterocycles. The van der Waals surface area contributed by atoms with Crippen LogP contribution in [0.15, 0.2) is 34.9 Å². The molecular formula is C16H20BrN3O. The van der Waals surface area contributed by atoms with Crippen LogP contribution in [0.3, 0.4) is 0 Å².